The highest BCUT2D eigenvalue weighted by atomic mass is 16.5. The van der Waals surface area contributed by atoms with Gasteiger partial charge < -0.3 is 9.64 Å². The molecule has 0 spiro atoms. The van der Waals surface area contributed by atoms with E-state index in [1.807, 2.05) is 12.1 Å². The van der Waals surface area contributed by atoms with Gasteiger partial charge in [0.05, 0.1) is 7.11 Å². The molecule has 0 N–H and O–H groups in total. The average molecular weight is 408 g/mol. The van der Waals surface area contributed by atoms with E-state index in [0.717, 1.165) is 29.2 Å². The van der Waals surface area contributed by atoms with Gasteiger partial charge in [-0.25, -0.2) is 0 Å². The maximum Gasteiger partial charge on any atom is 0.119 e. The number of benzene rings is 4. The first-order valence-electron chi connectivity index (χ1n) is 10.9. The molecule has 0 fully saturated rings. The van der Waals surface area contributed by atoms with Crippen molar-refractivity contribution in [3.63, 3.8) is 0 Å². The first kappa shape index (κ1) is 20.7. The van der Waals surface area contributed by atoms with E-state index in [-0.39, 0.29) is 0 Å². The summed E-state index contributed by atoms with van der Waals surface area (Å²) < 4.78 is 5.35. The smallest absolute Gasteiger partial charge is 0.119 e. The minimum atomic E-state index is 0.856. The van der Waals surface area contributed by atoms with E-state index in [0.29, 0.717) is 0 Å². The molecule has 0 heterocycles. The van der Waals surface area contributed by atoms with Gasteiger partial charge in [-0.15, -0.1) is 0 Å². The molecule has 0 atom stereocenters. The van der Waals surface area contributed by atoms with E-state index >= 15 is 0 Å². The summed E-state index contributed by atoms with van der Waals surface area (Å²) in [4.78, 5) is 2.27. The second kappa shape index (κ2) is 9.53. The number of nitrogens with zero attached hydrogens (tertiary/aromatic N) is 1. The van der Waals surface area contributed by atoms with Gasteiger partial charge in [-0.2, -0.15) is 0 Å². The molecule has 0 amide bonds. The zero-order valence-electron chi connectivity index (χ0n) is 18.5. The van der Waals surface area contributed by atoms with Gasteiger partial charge in [0, 0.05) is 17.1 Å². The van der Waals surface area contributed by atoms with Crippen molar-refractivity contribution in [2.45, 2.75) is 26.7 Å². The molecule has 156 valence electrons. The van der Waals surface area contributed by atoms with Crippen LogP contribution < -0.4 is 9.64 Å². The fourth-order valence-electron chi connectivity index (χ4n) is 3.83. The molecule has 2 nitrogen and oxygen atoms in total. The van der Waals surface area contributed by atoms with Gasteiger partial charge in [0.15, 0.2) is 0 Å². The topological polar surface area (TPSA) is 12.5 Å². The maximum atomic E-state index is 5.35. The fraction of sp³-hybridized carbons (Fsp3) is 0.172. The van der Waals surface area contributed by atoms with Crippen LogP contribution >= 0.6 is 0 Å². The molecule has 4 rings (SSSR count). The summed E-state index contributed by atoms with van der Waals surface area (Å²) in [5.74, 6) is 0.856. The third kappa shape index (κ3) is 4.80. The van der Waals surface area contributed by atoms with E-state index in [2.05, 4.69) is 104 Å². The zero-order valence-corrected chi connectivity index (χ0v) is 18.5. The van der Waals surface area contributed by atoms with Crippen molar-refractivity contribution in [1.29, 1.82) is 0 Å². The lowest BCUT2D eigenvalue weighted by Crippen LogP contribution is -2.09. The van der Waals surface area contributed by atoms with Crippen molar-refractivity contribution in [2.75, 3.05) is 12.0 Å². The third-order valence-corrected chi connectivity index (χ3v) is 5.57. The lowest BCUT2D eigenvalue weighted by molar-refractivity contribution is 0.415. The van der Waals surface area contributed by atoms with Crippen LogP contribution in [0.25, 0.3) is 11.1 Å². The molecule has 0 aliphatic carbocycles. The van der Waals surface area contributed by atoms with Crippen molar-refractivity contribution >= 4 is 17.1 Å². The van der Waals surface area contributed by atoms with Gasteiger partial charge in [0.2, 0.25) is 0 Å². The highest BCUT2D eigenvalue weighted by Gasteiger charge is 2.13. The first-order valence-corrected chi connectivity index (χ1v) is 10.9. The molecule has 0 saturated heterocycles. The van der Waals surface area contributed by atoms with E-state index in [1.165, 1.54) is 28.7 Å². The predicted octanol–water partition coefficient (Wildman–Crippen LogP) is 8.09. The van der Waals surface area contributed by atoms with Gasteiger partial charge in [-0.1, -0.05) is 67.4 Å². The summed E-state index contributed by atoms with van der Waals surface area (Å²) in [5.41, 5.74) is 8.48. The summed E-state index contributed by atoms with van der Waals surface area (Å²) in [6, 6.07) is 34.6. The number of hydrogen-bond donors (Lipinski definition) is 0. The van der Waals surface area contributed by atoms with E-state index in [9.17, 15) is 0 Å². The van der Waals surface area contributed by atoms with Gasteiger partial charge in [-0.05, 0) is 78.6 Å². The van der Waals surface area contributed by atoms with Gasteiger partial charge in [-0.3, -0.25) is 0 Å². The largest absolute Gasteiger partial charge is 0.497 e. The molecule has 0 saturated carbocycles. The van der Waals surface area contributed by atoms with Crippen LogP contribution in [0.2, 0.25) is 0 Å². The van der Waals surface area contributed by atoms with E-state index in [4.69, 9.17) is 4.74 Å². The molecule has 0 radical (unpaired) electrons. The summed E-state index contributed by atoms with van der Waals surface area (Å²) in [7, 11) is 1.69. The van der Waals surface area contributed by atoms with Crippen LogP contribution in [0.5, 0.6) is 5.75 Å². The SMILES string of the molecule is CCCc1ccc(-c2ccc(N(c3ccc(C)cc3)c3ccc(OC)cc3)cc2)cc1. The molecule has 0 aliphatic heterocycles. The molecule has 31 heavy (non-hydrogen) atoms. The molecule has 0 aliphatic rings. The number of rotatable bonds is 7. The second-order valence-electron chi connectivity index (χ2n) is 7.86. The van der Waals surface area contributed by atoms with Crippen molar-refractivity contribution < 1.29 is 4.74 Å². The Kier molecular flexibility index (Phi) is 6.37. The Labute approximate surface area is 185 Å². The minimum absolute atomic E-state index is 0.856. The third-order valence-electron chi connectivity index (χ3n) is 5.57. The average Bonchev–Trinajstić information content (AvgIpc) is 2.82. The summed E-state index contributed by atoms with van der Waals surface area (Å²) in [5, 5.41) is 0. The van der Waals surface area contributed by atoms with E-state index < -0.39 is 0 Å². The molecular weight excluding hydrogens is 378 g/mol. The molecule has 0 bridgehead atoms. The maximum absolute atomic E-state index is 5.35. The predicted molar refractivity (Wildman–Crippen MR) is 132 cm³/mol. The van der Waals surface area contributed by atoms with Crippen molar-refractivity contribution in [3.05, 3.63) is 108 Å². The fourth-order valence-corrected chi connectivity index (χ4v) is 3.83. The highest BCUT2D eigenvalue weighted by molar-refractivity contribution is 5.78. The molecule has 0 aromatic heterocycles. The minimum Gasteiger partial charge on any atom is -0.497 e. The van der Waals surface area contributed by atoms with Crippen LogP contribution in [0.4, 0.5) is 17.1 Å². The molecule has 2 heteroatoms. The quantitative estimate of drug-likeness (QED) is 0.307. The summed E-state index contributed by atoms with van der Waals surface area (Å²) in [6.07, 6.45) is 2.31. The van der Waals surface area contributed by atoms with E-state index in [1.54, 1.807) is 7.11 Å². The molecule has 4 aromatic carbocycles. The Bertz CT molecular complexity index is 1100. The number of methoxy groups -OCH3 is 1. The number of hydrogen-bond acceptors (Lipinski definition) is 2. The Hall–Kier alpha value is -3.52. The molecular formula is C29H29NO. The second-order valence-corrected chi connectivity index (χ2v) is 7.86. The molecule has 4 aromatic rings. The normalized spacial score (nSPS) is 10.7. The number of anilines is 3. The van der Waals surface area contributed by atoms with Crippen LogP contribution in [0, 0.1) is 6.92 Å². The monoisotopic (exact) mass is 407 g/mol. The van der Waals surface area contributed by atoms with Crippen LogP contribution in [0.15, 0.2) is 97.1 Å². The summed E-state index contributed by atoms with van der Waals surface area (Å²) >= 11 is 0. The van der Waals surface area contributed by atoms with Gasteiger partial charge in [0.1, 0.15) is 5.75 Å². The zero-order chi connectivity index (χ0) is 21.6. The Morgan fingerprint density at radius 1 is 0.613 bits per heavy atom. The lowest BCUT2D eigenvalue weighted by Gasteiger charge is -2.26. The van der Waals surface area contributed by atoms with Gasteiger partial charge >= 0.3 is 0 Å². The number of aryl methyl sites for hydroxylation is 2. The van der Waals surface area contributed by atoms with Crippen LogP contribution in [-0.4, -0.2) is 7.11 Å². The number of ether oxygens (including phenoxy) is 1. The van der Waals surface area contributed by atoms with Crippen molar-refractivity contribution in [2.24, 2.45) is 0 Å². The van der Waals surface area contributed by atoms with Crippen molar-refractivity contribution in [3.8, 4) is 16.9 Å². The lowest BCUT2D eigenvalue weighted by atomic mass is 10.0. The first-order chi connectivity index (χ1) is 15.2. The van der Waals surface area contributed by atoms with Crippen LogP contribution in [-0.2, 0) is 6.42 Å². The van der Waals surface area contributed by atoms with Gasteiger partial charge in [0.25, 0.3) is 0 Å². The summed E-state index contributed by atoms with van der Waals surface area (Å²) in [6.45, 7) is 4.33. The Morgan fingerprint density at radius 2 is 1.06 bits per heavy atom. The Balaban J connectivity index is 1.68. The van der Waals surface area contributed by atoms with Crippen LogP contribution in [0.3, 0.4) is 0 Å². The standard InChI is InChI=1S/C29H29NO/c1-4-5-23-8-10-24(11-9-23)25-12-16-27(17-13-25)30(26-14-6-22(2)7-15-26)28-18-20-29(31-3)21-19-28/h6-21H,4-5H2,1-3H3. The van der Waals surface area contributed by atoms with Crippen molar-refractivity contribution in [1.82, 2.24) is 0 Å². The highest BCUT2D eigenvalue weighted by Crippen LogP contribution is 2.36. The molecule has 0 unspecified atom stereocenters. The Morgan fingerprint density at radius 3 is 1.55 bits per heavy atom. The van der Waals surface area contributed by atoms with Crippen LogP contribution in [0.1, 0.15) is 24.5 Å².